The van der Waals surface area contributed by atoms with E-state index in [1.165, 1.54) is 33.6 Å². The Kier molecular flexibility index (Phi) is 6.52. The molecule has 0 aliphatic carbocycles. The monoisotopic (exact) mass is 441 g/mol. The zero-order valence-corrected chi connectivity index (χ0v) is 21.6. The van der Waals surface area contributed by atoms with Gasteiger partial charge in [-0.3, -0.25) is 0 Å². The molecule has 1 aliphatic heterocycles. The summed E-state index contributed by atoms with van der Waals surface area (Å²) in [4.78, 5) is 10.1. The summed E-state index contributed by atoms with van der Waals surface area (Å²) in [5.74, 6) is 2.44. The van der Waals surface area contributed by atoms with E-state index in [0.29, 0.717) is 23.8 Å². The Bertz CT molecular complexity index is 1080. The van der Waals surface area contributed by atoms with Crippen molar-refractivity contribution in [2.45, 2.75) is 79.2 Å². The SMILES string of the molecule is CC(C)c1cc(C(C)C)c(-c2ccc3c(n2)N(c2ccccc2)CN3C(C)C)c(C(C)C)c1. The van der Waals surface area contributed by atoms with Crippen molar-refractivity contribution in [3.05, 3.63) is 71.3 Å². The summed E-state index contributed by atoms with van der Waals surface area (Å²) in [6.07, 6.45) is 0. The minimum Gasteiger partial charge on any atom is -0.348 e. The van der Waals surface area contributed by atoms with Crippen molar-refractivity contribution >= 4 is 17.2 Å². The second kappa shape index (κ2) is 9.21. The summed E-state index contributed by atoms with van der Waals surface area (Å²) >= 11 is 0. The van der Waals surface area contributed by atoms with Gasteiger partial charge >= 0.3 is 0 Å². The van der Waals surface area contributed by atoms with E-state index >= 15 is 0 Å². The van der Waals surface area contributed by atoms with Crippen LogP contribution < -0.4 is 9.80 Å². The molecule has 0 saturated heterocycles. The average Bonchev–Trinajstić information content (AvgIpc) is 3.17. The molecule has 0 amide bonds. The minimum absolute atomic E-state index is 0.410. The lowest BCUT2D eigenvalue weighted by atomic mass is 9.83. The third-order valence-corrected chi connectivity index (χ3v) is 6.79. The smallest absolute Gasteiger partial charge is 0.158 e. The molecule has 1 aliphatic rings. The maximum absolute atomic E-state index is 5.36. The normalized spacial score (nSPS) is 13.7. The number of para-hydroxylation sites is 1. The van der Waals surface area contributed by atoms with E-state index in [2.05, 4.69) is 120 Å². The van der Waals surface area contributed by atoms with E-state index in [9.17, 15) is 0 Å². The summed E-state index contributed by atoms with van der Waals surface area (Å²) < 4.78 is 0. The number of nitrogens with zero attached hydrogens (tertiary/aromatic N) is 3. The number of hydrogen-bond donors (Lipinski definition) is 0. The van der Waals surface area contributed by atoms with Gasteiger partial charge in [-0.1, -0.05) is 71.9 Å². The summed E-state index contributed by atoms with van der Waals surface area (Å²) in [6.45, 7) is 19.1. The van der Waals surface area contributed by atoms with Crippen molar-refractivity contribution in [3.8, 4) is 11.3 Å². The largest absolute Gasteiger partial charge is 0.348 e. The summed E-state index contributed by atoms with van der Waals surface area (Å²) in [7, 11) is 0. The van der Waals surface area contributed by atoms with Gasteiger partial charge in [-0.15, -0.1) is 0 Å². The first-order chi connectivity index (χ1) is 15.7. The van der Waals surface area contributed by atoms with Crippen LogP contribution in [0.5, 0.6) is 0 Å². The molecule has 3 heteroatoms. The molecule has 2 aromatic carbocycles. The molecule has 1 aromatic heterocycles. The number of fused-ring (bicyclic) bond motifs is 1. The van der Waals surface area contributed by atoms with Gasteiger partial charge in [-0.25, -0.2) is 4.98 Å². The molecule has 4 rings (SSSR count). The van der Waals surface area contributed by atoms with Crippen molar-refractivity contribution in [2.75, 3.05) is 16.5 Å². The van der Waals surface area contributed by atoms with Crippen LogP contribution in [0, 0.1) is 0 Å². The van der Waals surface area contributed by atoms with Gasteiger partial charge in [0.1, 0.15) is 0 Å². The summed E-state index contributed by atoms with van der Waals surface area (Å²) in [5.41, 5.74) is 9.04. The molecule has 0 spiro atoms. The van der Waals surface area contributed by atoms with Crippen LogP contribution in [-0.2, 0) is 0 Å². The van der Waals surface area contributed by atoms with E-state index in [4.69, 9.17) is 4.98 Å². The van der Waals surface area contributed by atoms with Crippen LogP contribution >= 0.6 is 0 Å². The molecule has 0 bridgehead atoms. The Labute approximate surface area is 200 Å². The molecular formula is C30H39N3. The van der Waals surface area contributed by atoms with E-state index in [-0.39, 0.29) is 0 Å². The maximum atomic E-state index is 5.36. The average molecular weight is 442 g/mol. The predicted octanol–water partition coefficient (Wildman–Crippen LogP) is 8.44. The zero-order chi connectivity index (χ0) is 23.9. The first kappa shape index (κ1) is 23.4. The van der Waals surface area contributed by atoms with Crippen LogP contribution in [-0.4, -0.2) is 17.7 Å². The number of rotatable bonds is 6. The van der Waals surface area contributed by atoms with Gasteiger partial charge in [0.15, 0.2) is 5.82 Å². The number of pyridine rings is 1. The third kappa shape index (κ3) is 4.38. The second-order valence-electron chi connectivity index (χ2n) is 10.5. The van der Waals surface area contributed by atoms with Gasteiger partial charge in [0.05, 0.1) is 18.1 Å². The van der Waals surface area contributed by atoms with E-state index in [1.54, 1.807) is 0 Å². The van der Waals surface area contributed by atoms with E-state index < -0.39 is 0 Å². The third-order valence-electron chi connectivity index (χ3n) is 6.79. The van der Waals surface area contributed by atoms with Crippen LogP contribution in [0.25, 0.3) is 11.3 Å². The standard InChI is InChI=1S/C30H39N3/c1-19(2)23-16-25(20(3)4)29(26(17-23)21(5)6)27-14-15-28-30(31-27)33(18-32(28)22(7)8)24-12-10-9-11-13-24/h9-17,19-22H,18H2,1-8H3. The Morgan fingerprint density at radius 1 is 0.727 bits per heavy atom. The number of anilines is 3. The fraction of sp³-hybridized carbons (Fsp3) is 0.433. The highest BCUT2D eigenvalue weighted by atomic mass is 15.4. The fourth-order valence-electron chi connectivity index (χ4n) is 4.80. The molecule has 0 fully saturated rings. The van der Waals surface area contributed by atoms with Crippen molar-refractivity contribution in [1.29, 1.82) is 0 Å². The number of benzene rings is 2. The molecule has 174 valence electrons. The van der Waals surface area contributed by atoms with Crippen LogP contribution in [0.3, 0.4) is 0 Å². The van der Waals surface area contributed by atoms with Gasteiger partial charge in [0.2, 0.25) is 0 Å². The topological polar surface area (TPSA) is 19.4 Å². The van der Waals surface area contributed by atoms with Gasteiger partial charge in [-0.05, 0) is 72.6 Å². The molecule has 0 unspecified atom stereocenters. The molecule has 2 heterocycles. The molecule has 0 radical (unpaired) electrons. The Morgan fingerprint density at radius 2 is 1.33 bits per heavy atom. The predicted molar refractivity (Wildman–Crippen MR) is 143 cm³/mol. The fourth-order valence-corrected chi connectivity index (χ4v) is 4.80. The van der Waals surface area contributed by atoms with Gasteiger partial charge in [0.25, 0.3) is 0 Å². The van der Waals surface area contributed by atoms with E-state index in [1.807, 2.05) is 0 Å². The van der Waals surface area contributed by atoms with Crippen LogP contribution in [0.4, 0.5) is 17.2 Å². The molecular weight excluding hydrogens is 402 g/mol. The summed E-state index contributed by atoms with van der Waals surface area (Å²) in [6, 6.07) is 20.4. The highest BCUT2D eigenvalue weighted by Gasteiger charge is 2.31. The van der Waals surface area contributed by atoms with Crippen molar-refractivity contribution in [1.82, 2.24) is 4.98 Å². The Balaban J connectivity index is 1.93. The molecule has 33 heavy (non-hydrogen) atoms. The molecule has 0 atom stereocenters. The minimum atomic E-state index is 0.410. The summed E-state index contributed by atoms with van der Waals surface area (Å²) in [5, 5.41) is 0. The van der Waals surface area contributed by atoms with Crippen molar-refractivity contribution in [2.24, 2.45) is 0 Å². The van der Waals surface area contributed by atoms with Crippen LogP contribution in [0.2, 0.25) is 0 Å². The lowest BCUT2D eigenvalue weighted by Gasteiger charge is -2.24. The lowest BCUT2D eigenvalue weighted by Crippen LogP contribution is -2.33. The second-order valence-corrected chi connectivity index (χ2v) is 10.5. The molecule has 3 nitrogen and oxygen atoms in total. The lowest BCUT2D eigenvalue weighted by molar-refractivity contribution is 0.709. The maximum Gasteiger partial charge on any atom is 0.158 e. The van der Waals surface area contributed by atoms with Gasteiger partial charge in [-0.2, -0.15) is 0 Å². The highest BCUT2D eigenvalue weighted by Crippen LogP contribution is 2.44. The zero-order valence-electron chi connectivity index (χ0n) is 21.6. The van der Waals surface area contributed by atoms with Gasteiger partial charge < -0.3 is 9.80 Å². The van der Waals surface area contributed by atoms with Crippen molar-refractivity contribution in [3.63, 3.8) is 0 Å². The highest BCUT2D eigenvalue weighted by molar-refractivity contribution is 5.83. The molecule has 0 N–H and O–H groups in total. The molecule has 3 aromatic rings. The van der Waals surface area contributed by atoms with Crippen molar-refractivity contribution < 1.29 is 0 Å². The first-order valence-electron chi connectivity index (χ1n) is 12.5. The van der Waals surface area contributed by atoms with Gasteiger partial charge in [0, 0.05) is 17.3 Å². The Morgan fingerprint density at radius 3 is 1.85 bits per heavy atom. The Hall–Kier alpha value is -2.81. The first-order valence-corrected chi connectivity index (χ1v) is 12.5. The quantitative estimate of drug-likeness (QED) is 0.382. The molecule has 0 saturated carbocycles. The number of hydrogen-bond acceptors (Lipinski definition) is 3. The van der Waals surface area contributed by atoms with Crippen LogP contribution in [0.1, 0.15) is 89.8 Å². The van der Waals surface area contributed by atoms with E-state index in [0.717, 1.165) is 18.2 Å². The van der Waals surface area contributed by atoms with Crippen LogP contribution in [0.15, 0.2) is 54.6 Å². The number of aromatic nitrogens is 1.